The summed E-state index contributed by atoms with van der Waals surface area (Å²) in [4.78, 5) is 22.6. The number of nitriles is 1. The standard InChI is InChI=1S/C24H21BrN8O/c1-32-10-12-33(13-11-32)23-29-22(28-18-5-2-16(15-26)3-6-18)30-24(31-23)34-21-8-9-27-20-7-4-17(25)14-19(20)21/h2-9,14H,10-13H2,1H3,(H,28,29,30,31). The van der Waals surface area contributed by atoms with Crippen LogP contribution >= 0.6 is 15.9 Å². The van der Waals surface area contributed by atoms with Gasteiger partial charge in [0.05, 0.1) is 17.1 Å². The van der Waals surface area contributed by atoms with E-state index in [1.54, 1.807) is 24.4 Å². The lowest BCUT2D eigenvalue weighted by Crippen LogP contribution is -2.45. The number of nitrogens with one attached hydrogen (secondary N) is 1. The van der Waals surface area contributed by atoms with Gasteiger partial charge >= 0.3 is 6.01 Å². The molecular formula is C24H21BrN8O. The summed E-state index contributed by atoms with van der Waals surface area (Å²) in [5.74, 6) is 1.52. The van der Waals surface area contributed by atoms with Gasteiger partial charge in [-0.05, 0) is 55.6 Å². The first-order chi connectivity index (χ1) is 16.6. The average molecular weight is 517 g/mol. The number of rotatable bonds is 5. The highest BCUT2D eigenvalue weighted by atomic mass is 79.9. The monoisotopic (exact) mass is 516 g/mol. The van der Waals surface area contributed by atoms with E-state index >= 15 is 0 Å². The topological polar surface area (TPSA) is 103 Å². The molecule has 0 aliphatic carbocycles. The Kier molecular flexibility index (Phi) is 6.20. The lowest BCUT2D eigenvalue weighted by atomic mass is 10.2. The Balaban J connectivity index is 1.50. The highest BCUT2D eigenvalue weighted by molar-refractivity contribution is 9.10. The van der Waals surface area contributed by atoms with Gasteiger partial charge in [0.15, 0.2) is 0 Å². The summed E-state index contributed by atoms with van der Waals surface area (Å²) in [6.45, 7) is 3.45. The summed E-state index contributed by atoms with van der Waals surface area (Å²) in [5.41, 5.74) is 2.16. The molecule has 1 aliphatic rings. The molecule has 0 amide bonds. The van der Waals surface area contributed by atoms with Gasteiger partial charge in [0.25, 0.3) is 0 Å². The molecule has 1 saturated heterocycles. The third kappa shape index (κ3) is 4.90. The summed E-state index contributed by atoms with van der Waals surface area (Å²) in [6.07, 6.45) is 1.70. The van der Waals surface area contributed by atoms with Crippen LogP contribution in [0.5, 0.6) is 11.8 Å². The maximum absolute atomic E-state index is 9.05. The minimum absolute atomic E-state index is 0.188. The summed E-state index contributed by atoms with van der Waals surface area (Å²) in [6, 6.07) is 17.0. The molecule has 0 radical (unpaired) electrons. The van der Waals surface area contributed by atoms with E-state index < -0.39 is 0 Å². The predicted molar refractivity (Wildman–Crippen MR) is 133 cm³/mol. The van der Waals surface area contributed by atoms with Gasteiger partial charge in [0.1, 0.15) is 5.75 Å². The Labute approximate surface area is 205 Å². The number of nitrogens with zero attached hydrogens (tertiary/aromatic N) is 7. The number of benzene rings is 2. The van der Waals surface area contributed by atoms with Crippen molar-refractivity contribution in [3.63, 3.8) is 0 Å². The molecule has 3 heterocycles. The zero-order valence-corrected chi connectivity index (χ0v) is 20.0. The van der Waals surface area contributed by atoms with Gasteiger partial charge in [-0.2, -0.15) is 20.2 Å². The average Bonchev–Trinajstić information content (AvgIpc) is 2.85. The normalized spacial score (nSPS) is 14.1. The van der Waals surface area contributed by atoms with Crippen molar-refractivity contribution in [1.29, 1.82) is 5.26 Å². The lowest BCUT2D eigenvalue weighted by Gasteiger charge is -2.32. The second-order valence-corrected chi connectivity index (χ2v) is 8.83. The molecule has 34 heavy (non-hydrogen) atoms. The molecule has 0 saturated carbocycles. The molecular weight excluding hydrogens is 496 g/mol. The van der Waals surface area contributed by atoms with E-state index in [0.29, 0.717) is 23.2 Å². The second-order valence-electron chi connectivity index (χ2n) is 7.92. The van der Waals surface area contributed by atoms with E-state index in [1.165, 1.54) is 0 Å². The number of likely N-dealkylation sites (N-methyl/N-ethyl adjacent to an activating group) is 1. The van der Waals surface area contributed by atoms with Crippen molar-refractivity contribution in [3.8, 4) is 17.8 Å². The molecule has 0 bridgehead atoms. The van der Waals surface area contributed by atoms with Crippen LogP contribution in [0.4, 0.5) is 17.6 Å². The van der Waals surface area contributed by atoms with Crippen molar-refractivity contribution in [1.82, 2.24) is 24.8 Å². The Morgan fingerprint density at radius 3 is 2.56 bits per heavy atom. The maximum atomic E-state index is 9.05. The van der Waals surface area contributed by atoms with Crippen molar-refractivity contribution in [3.05, 3.63) is 64.8 Å². The predicted octanol–water partition coefficient (Wildman–Crippen LogP) is 4.34. The Bertz CT molecular complexity index is 1360. The fourth-order valence-corrected chi connectivity index (χ4v) is 3.99. The van der Waals surface area contributed by atoms with Gasteiger partial charge in [0, 0.05) is 47.9 Å². The molecule has 1 N–H and O–H groups in total. The first-order valence-electron chi connectivity index (χ1n) is 10.8. The summed E-state index contributed by atoms with van der Waals surface area (Å²) in [5, 5.41) is 13.1. The maximum Gasteiger partial charge on any atom is 0.328 e. The molecule has 10 heteroatoms. The van der Waals surface area contributed by atoms with E-state index in [9.17, 15) is 0 Å². The number of pyridine rings is 1. The van der Waals surface area contributed by atoms with Crippen LogP contribution in [0.15, 0.2) is 59.2 Å². The number of fused-ring (bicyclic) bond motifs is 1. The summed E-state index contributed by atoms with van der Waals surface area (Å²) in [7, 11) is 2.10. The third-order valence-corrected chi connectivity index (χ3v) is 6.02. The van der Waals surface area contributed by atoms with E-state index in [4.69, 9.17) is 10.00 Å². The smallest absolute Gasteiger partial charge is 0.328 e. The van der Waals surface area contributed by atoms with Crippen LogP contribution in [0.25, 0.3) is 10.9 Å². The quantitative estimate of drug-likeness (QED) is 0.414. The molecule has 5 rings (SSSR count). The summed E-state index contributed by atoms with van der Waals surface area (Å²) >= 11 is 3.51. The molecule has 1 fully saturated rings. The molecule has 9 nitrogen and oxygen atoms in total. The fourth-order valence-electron chi connectivity index (χ4n) is 3.63. The number of piperazine rings is 1. The van der Waals surface area contributed by atoms with Crippen molar-refractivity contribution in [2.24, 2.45) is 0 Å². The van der Waals surface area contributed by atoms with Crippen LogP contribution in [0.1, 0.15) is 5.56 Å². The Morgan fingerprint density at radius 1 is 1.00 bits per heavy atom. The molecule has 2 aromatic heterocycles. The third-order valence-electron chi connectivity index (χ3n) is 5.52. The number of halogens is 1. The van der Waals surface area contributed by atoms with Gasteiger partial charge in [-0.3, -0.25) is 4.98 Å². The SMILES string of the molecule is CN1CCN(c2nc(Nc3ccc(C#N)cc3)nc(Oc3ccnc4ccc(Br)cc34)n2)CC1. The molecule has 4 aromatic rings. The van der Waals surface area contributed by atoms with Crippen LogP contribution in [0.2, 0.25) is 0 Å². The number of aromatic nitrogens is 4. The van der Waals surface area contributed by atoms with Gasteiger partial charge in [-0.1, -0.05) is 15.9 Å². The van der Waals surface area contributed by atoms with Crippen LogP contribution in [-0.4, -0.2) is 58.1 Å². The lowest BCUT2D eigenvalue weighted by molar-refractivity contribution is 0.310. The van der Waals surface area contributed by atoms with E-state index in [-0.39, 0.29) is 6.01 Å². The highest BCUT2D eigenvalue weighted by Crippen LogP contribution is 2.30. The minimum Gasteiger partial charge on any atom is -0.423 e. The van der Waals surface area contributed by atoms with Gasteiger partial charge < -0.3 is 19.9 Å². The van der Waals surface area contributed by atoms with E-state index in [0.717, 1.165) is 47.2 Å². The number of hydrogen-bond donors (Lipinski definition) is 1. The Hall–Kier alpha value is -3.81. The van der Waals surface area contributed by atoms with Crippen molar-refractivity contribution in [2.45, 2.75) is 0 Å². The fraction of sp³-hybridized carbons (Fsp3) is 0.208. The number of hydrogen-bond acceptors (Lipinski definition) is 9. The summed E-state index contributed by atoms with van der Waals surface area (Å²) < 4.78 is 7.10. The first-order valence-corrected chi connectivity index (χ1v) is 11.6. The zero-order valence-electron chi connectivity index (χ0n) is 18.4. The van der Waals surface area contributed by atoms with Crippen LogP contribution in [0.3, 0.4) is 0 Å². The first kappa shape index (κ1) is 22.0. The van der Waals surface area contributed by atoms with Gasteiger partial charge in [0.2, 0.25) is 11.9 Å². The van der Waals surface area contributed by atoms with Gasteiger partial charge in [-0.15, -0.1) is 0 Å². The van der Waals surface area contributed by atoms with Crippen LogP contribution < -0.4 is 15.0 Å². The minimum atomic E-state index is 0.188. The highest BCUT2D eigenvalue weighted by Gasteiger charge is 2.20. The van der Waals surface area contributed by atoms with Crippen molar-refractivity contribution >= 4 is 44.4 Å². The molecule has 170 valence electrons. The zero-order chi connectivity index (χ0) is 23.5. The molecule has 0 spiro atoms. The molecule has 0 atom stereocenters. The van der Waals surface area contributed by atoms with E-state index in [1.807, 2.05) is 30.3 Å². The molecule has 0 unspecified atom stereocenters. The number of ether oxygens (including phenoxy) is 1. The molecule has 2 aromatic carbocycles. The van der Waals surface area contributed by atoms with Crippen LogP contribution in [0, 0.1) is 11.3 Å². The van der Waals surface area contributed by atoms with E-state index in [2.05, 4.69) is 64.1 Å². The van der Waals surface area contributed by atoms with Crippen molar-refractivity contribution < 1.29 is 4.74 Å². The largest absolute Gasteiger partial charge is 0.423 e. The van der Waals surface area contributed by atoms with Crippen LogP contribution in [-0.2, 0) is 0 Å². The Morgan fingerprint density at radius 2 is 1.79 bits per heavy atom. The molecule has 1 aliphatic heterocycles. The van der Waals surface area contributed by atoms with Crippen molar-refractivity contribution in [2.75, 3.05) is 43.4 Å². The second kappa shape index (κ2) is 9.59. The van der Waals surface area contributed by atoms with Gasteiger partial charge in [-0.25, -0.2) is 0 Å². The number of anilines is 3.